The molecular weight excluding hydrogens is 447 g/mol. The minimum absolute atomic E-state index is 0.00881. The van der Waals surface area contributed by atoms with E-state index < -0.39 is 10.8 Å². The van der Waals surface area contributed by atoms with Crippen LogP contribution >= 0.6 is 11.8 Å². The molecule has 1 fully saturated rings. The number of nitro benzene ring substituents is 1. The van der Waals surface area contributed by atoms with Crippen molar-refractivity contribution >= 4 is 34.7 Å². The average Bonchev–Trinajstić information content (AvgIpc) is 3.07. The molecule has 4 rings (SSSR count). The largest absolute Gasteiger partial charge is 0.489 e. The number of ether oxygens (including phenoxy) is 1. The molecular formula is C24H17FN2O5S. The Labute approximate surface area is 192 Å². The fraction of sp³-hybridized carbons (Fsp3) is 0.0833. The summed E-state index contributed by atoms with van der Waals surface area (Å²) >= 11 is 0.844. The highest BCUT2D eigenvalue weighted by Gasteiger charge is 2.34. The standard InChI is InChI=1S/C24H17FN2O5S/c25-19-9-5-17(6-10-19)14-26-23(28)22(33-24(26)29)13-16-7-11-20(12-8-16)32-15-18-3-1-2-4-21(18)27(30)31/h1-13H,14-15H2/b22-13-. The number of rotatable bonds is 7. The van der Waals surface area contributed by atoms with Gasteiger partial charge in [-0.3, -0.25) is 24.6 Å². The number of amides is 2. The van der Waals surface area contributed by atoms with Crippen LogP contribution in [0.3, 0.4) is 0 Å². The van der Waals surface area contributed by atoms with Crippen LogP contribution in [0.5, 0.6) is 5.75 Å². The van der Waals surface area contributed by atoms with Crippen LogP contribution < -0.4 is 4.74 Å². The van der Waals surface area contributed by atoms with Gasteiger partial charge in [-0.2, -0.15) is 0 Å². The summed E-state index contributed by atoms with van der Waals surface area (Å²) in [7, 11) is 0. The van der Waals surface area contributed by atoms with E-state index in [1.54, 1.807) is 48.5 Å². The van der Waals surface area contributed by atoms with Gasteiger partial charge in [0.15, 0.2) is 0 Å². The molecule has 7 nitrogen and oxygen atoms in total. The summed E-state index contributed by atoms with van der Waals surface area (Å²) in [6, 6.07) is 18.8. The quantitative estimate of drug-likeness (QED) is 0.259. The molecule has 1 aliphatic heterocycles. The zero-order chi connectivity index (χ0) is 23.4. The highest BCUT2D eigenvalue weighted by atomic mass is 32.2. The summed E-state index contributed by atoms with van der Waals surface area (Å²) in [5.41, 5.74) is 1.80. The number of thioether (sulfide) groups is 1. The van der Waals surface area contributed by atoms with E-state index in [2.05, 4.69) is 0 Å². The van der Waals surface area contributed by atoms with Gasteiger partial charge in [0.1, 0.15) is 18.2 Å². The fourth-order valence-corrected chi connectivity index (χ4v) is 4.03. The Bertz CT molecular complexity index is 1240. The maximum absolute atomic E-state index is 13.1. The van der Waals surface area contributed by atoms with E-state index in [-0.39, 0.29) is 34.8 Å². The Hall–Kier alpha value is -3.98. The molecule has 0 spiro atoms. The lowest BCUT2D eigenvalue weighted by Crippen LogP contribution is -2.27. The smallest absolute Gasteiger partial charge is 0.293 e. The Morgan fingerprint density at radius 2 is 1.70 bits per heavy atom. The Morgan fingerprint density at radius 1 is 1.00 bits per heavy atom. The molecule has 2 amide bonds. The van der Waals surface area contributed by atoms with Crippen molar-refractivity contribution in [3.8, 4) is 5.75 Å². The molecule has 0 aliphatic carbocycles. The maximum atomic E-state index is 13.1. The Morgan fingerprint density at radius 3 is 2.39 bits per heavy atom. The molecule has 0 bridgehead atoms. The lowest BCUT2D eigenvalue weighted by atomic mass is 10.2. The predicted octanol–water partition coefficient (Wildman–Crippen LogP) is 5.55. The molecule has 0 saturated carbocycles. The van der Waals surface area contributed by atoms with Crippen LogP contribution in [0.4, 0.5) is 14.9 Å². The van der Waals surface area contributed by atoms with Crippen molar-refractivity contribution in [2.24, 2.45) is 0 Å². The first-order chi connectivity index (χ1) is 15.9. The normalized spacial score (nSPS) is 14.7. The van der Waals surface area contributed by atoms with Gasteiger partial charge in [-0.05, 0) is 59.3 Å². The summed E-state index contributed by atoms with van der Waals surface area (Å²) in [5.74, 6) is -0.289. The SMILES string of the molecule is O=C1S/C(=C\c2ccc(OCc3ccccc3[N+](=O)[O-])cc2)C(=O)N1Cc1ccc(F)cc1. The van der Waals surface area contributed by atoms with Crippen LogP contribution in [0.25, 0.3) is 6.08 Å². The Balaban J connectivity index is 1.41. The van der Waals surface area contributed by atoms with Crippen molar-refractivity contribution in [3.63, 3.8) is 0 Å². The van der Waals surface area contributed by atoms with Gasteiger partial charge >= 0.3 is 0 Å². The van der Waals surface area contributed by atoms with Crippen LogP contribution in [0.1, 0.15) is 16.7 Å². The van der Waals surface area contributed by atoms with Crippen molar-refractivity contribution < 1.29 is 23.6 Å². The van der Waals surface area contributed by atoms with E-state index in [9.17, 15) is 24.1 Å². The molecule has 0 radical (unpaired) electrons. The molecule has 1 aliphatic rings. The van der Waals surface area contributed by atoms with E-state index in [1.807, 2.05) is 0 Å². The van der Waals surface area contributed by atoms with Gasteiger partial charge in [-0.25, -0.2) is 4.39 Å². The molecule has 1 heterocycles. The molecule has 0 N–H and O–H groups in total. The molecule has 33 heavy (non-hydrogen) atoms. The first kappa shape index (κ1) is 22.2. The van der Waals surface area contributed by atoms with Crippen molar-refractivity contribution in [3.05, 3.63) is 110 Å². The number of nitrogens with zero attached hydrogens (tertiary/aromatic N) is 2. The highest BCUT2D eigenvalue weighted by Crippen LogP contribution is 2.33. The monoisotopic (exact) mass is 464 g/mol. The number of carbonyl (C=O) groups excluding carboxylic acids is 2. The van der Waals surface area contributed by atoms with Crippen molar-refractivity contribution in [1.82, 2.24) is 4.90 Å². The summed E-state index contributed by atoms with van der Waals surface area (Å²) < 4.78 is 18.7. The molecule has 3 aromatic carbocycles. The number of halogens is 1. The molecule has 9 heteroatoms. The summed E-state index contributed by atoms with van der Waals surface area (Å²) in [6.45, 7) is 0.111. The number of hydrogen-bond acceptors (Lipinski definition) is 6. The van der Waals surface area contributed by atoms with E-state index in [4.69, 9.17) is 4.74 Å². The van der Waals surface area contributed by atoms with E-state index in [0.29, 0.717) is 22.4 Å². The van der Waals surface area contributed by atoms with Crippen molar-refractivity contribution in [2.75, 3.05) is 0 Å². The second kappa shape index (κ2) is 9.66. The maximum Gasteiger partial charge on any atom is 0.293 e. The van der Waals surface area contributed by atoms with Gasteiger partial charge in [0.2, 0.25) is 0 Å². The molecule has 0 atom stereocenters. The second-order valence-electron chi connectivity index (χ2n) is 7.14. The van der Waals surface area contributed by atoms with Crippen LogP contribution in [-0.2, 0) is 17.9 Å². The fourth-order valence-electron chi connectivity index (χ4n) is 3.19. The molecule has 3 aromatic rings. The molecule has 0 aromatic heterocycles. The molecule has 1 saturated heterocycles. The minimum atomic E-state index is -0.453. The third-order valence-corrected chi connectivity index (χ3v) is 5.80. The minimum Gasteiger partial charge on any atom is -0.489 e. The van der Waals surface area contributed by atoms with Gasteiger partial charge < -0.3 is 4.74 Å². The number of benzene rings is 3. The lowest BCUT2D eigenvalue weighted by molar-refractivity contribution is -0.385. The number of hydrogen-bond donors (Lipinski definition) is 0. The van der Waals surface area contributed by atoms with E-state index in [0.717, 1.165) is 16.7 Å². The topological polar surface area (TPSA) is 89.7 Å². The van der Waals surface area contributed by atoms with Gasteiger partial charge in [0, 0.05) is 6.07 Å². The van der Waals surface area contributed by atoms with Crippen molar-refractivity contribution in [1.29, 1.82) is 0 Å². The van der Waals surface area contributed by atoms with Gasteiger partial charge in [0.25, 0.3) is 16.8 Å². The van der Waals surface area contributed by atoms with Crippen LogP contribution in [0, 0.1) is 15.9 Å². The third-order valence-electron chi connectivity index (χ3n) is 4.89. The highest BCUT2D eigenvalue weighted by molar-refractivity contribution is 8.18. The number of nitro groups is 1. The Kier molecular flexibility index (Phi) is 6.50. The second-order valence-corrected chi connectivity index (χ2v) is 8.13. The first-order valence-corrected chi connectivity index (χ1v) is 10.7. The number of para-hydroxylation sites is 1. The lowest BCUT2D eigenvalue weighted by Gasteiger charge is -2.12. The van der Waals surface area contributed by atoms with Crippen molar-refractivity contribution in [2.45, 2.75) is 13.2 Å². The first-order valence-electron chi connectivity index (χ1n) is 9.86. The van der Waals surface area contributed by atoms with E-state index in [1.165, 1.54) is 30.3 Å². The number of carbonyl (C=O) groups is 2. The zero-order valence-electron chi connectivity index (χ0n) is 17.1. The third kappa shape index (κ3) is 5.27. The average molecular weight is 464 g/mol. The van der Waals surface area contributed by atoms with E-state index >= 15 is 0 Å². The van der Waals surface area contributed by atoms with Crippen LogP contribution in [0.15, 0.2) is 77.7 Å². The summed E-state index contributed by atoms with van der Waals surface area (Å²) in [4.78, 5) is 37.0. The predicted molar refractivity (Wildman–Crippen MR) is 122 cm³/mol. The van der Waals surface area contributed by atoms with Gasteiger partial charge in [0.05, 0.1) is 21.9 Å². The van der Waals surface area contributed by atoms with Gasteiger partial charge in [-0.1, -0.05) is 36.4 Å². The van der Waals surface area contributed by atoms with Gasteiger partial charge in [-0.15, -0.1) is 0 Å². The molecule has 0 unspecified atom stereocenters. The molecule has 166 valence electrons. The zero-order valence-corrected chi connectivity index (χ0v) is 18.0. The number of imide groups is 1. The summed E-state index contributed by atoms with van der Waals surface area (Å²) in [6.07, 6.45) is 1.61. The van der Waals surface area contributed by atoms with Crippen LogP contribution in [-0.4, -0.2) is 21.0 Å². The summed E-state index contributed by atoms with van der Waals surface area (Å²) in [5, 5.41) is 10.7. The van der Waals surface area contributed by atoms with Crippen LogP contribution in [0.2, 0.25) is 0 Å².